The molecule has 2 atom stereocenters. The summed E-state index contributed by atoms with van der Waals surface area (Å²) < 4.78 is 4.90. The second kappa shape index (κ2) is 8.90. The summed E-state index contributed by atoms with van der Waals surface area (Å²) in [5.41, 5.74) is -0.148. The van der Waals surface area contributed by atoms with Crippen LogP contribution in [0.1, 0.15) is 42.6 Å². The monoisotopic (exact) mass is 378 g/mol. The molecule has 1 aromatic rings. The van der Waals surface area contributed by atoms with Crippen molar-refractivity contribution >= 4 is 23.4 Å². The number of hydrogen-bond acceptors (Lipinski definition) is 5. The quantitative estimate of drug-likeness (QED) is 0.402. The fourth-order valence-corrected chi connectivity index (χ4v) is 3.08. The molecule has 1 aliphatic carbocycles. The predicted octanol–water partition coefficient (Wildman–Crippen LogP) is 4.20. The maximum Gasteiger partial charge on any atom is 0.342 e. The number of hydrogen-bond donors (Lipinski definition) is 2. The highest BCUT2D eigenvalue weighted by Gasteiger charge is 2.32. The van der Waals surface area contributed by atoms with Crippen molar-refractivity contribution in [1.29, 1.82) is 0 Å². The van der Waals surface area contributed by atoms with Crippen molar-refractivity contribution < 1.29 is 24.5 Å². The zero-order valence-electron chi connectivity index (χ0n) is 14.9. The Bertz CT molecular complexity index is 751. The number of carbonyl (C=O) groups is 2. The molecule has 2 N–H and O–H groups in total. The van der Waals surface area contributed by atoms with Gasteiger partial charge in [0.2, 0.25) is 0 Å². The molecule has 1 aromatic carbocycles. The maximum atomic E-state index is 12.2. The molecule has 0 aliphatic heterocycles. The molecule has 0 spiro atoms. The number of aromatic hydroxyl groups is 2. The van der Waals surface area contributed by atoms with Gasteiger partial charge < -0.3 is 14.9 Å². The van der Waals surface area contributed by atoms with E-state index in [0.29, 0.717) is 5.92 Å². The first-order chi connectivity index (χ1) is 12.4. The fraction of sp³-hybridized carbons (Fsp3) is 0.400. The fourth-order valence-electron chi connectivity index (χ4n) is 2.86. The van der Waals surface area contributed by atoms with Crippen LogP contribution >= 0.6 is 11.6 Å². The zero-order valence-corrected chi connectivity index (χ0v) is 15.6. The lowest BCUT2D eigenvalue weighted by Crippen LogP contribution is -2.12. The van der Waals surface area contributed by atoms with E-state index in [2.05, 4.69) is 13.0 Å². The normalized spacial score (nSPS) is 19.2. The summed E-state index contributed by atoms with van der Waals surface area (Å²) in [5, 5.41) is 19.6. The first-order valence-electron chi connectivity index (χ1n) is 8.67. The second-order valence-corrected chi connectivity index (χ2v) is 6.64. The largest absolute Gasteiger partial charge is 0.507 e. The van der Waals surface area contributed by atoms with Crippen molar-refractivity contribution in [2.24, 2.45) is 11.8 Å². The van der Waals surface area contributed by atoms with E-state index < -0.39 is 17.5 Å². The van der Waals surface area contributed by atoms with E-state index >= 15 is 0 Å². The van der Waals surface area contributed by atoms with Gasteiger partial charge in [0.1, 0.15) is 17.1 Å². The topological polar surface area (TPSA) is 83.8 Å². The number of ether oxygens (including phenoxy) is 1. The van der Waals surface area contributed by atoms with E-state index in [1.807, 2.05) is 6.08 Å². The van der Waals surface area contributed by atoms with Gasteiger partial charge >= 0.3 is 5.97 Å². The van der Waals surface area contributed by atoms with Crippen LogP contribution in [0.3, 0.4) is 0 Å². The highest BCUT2D eigenvalue weighted by atomic mass is 35.5. The summed E-state index contributed by atoms with van der Waals surface area (Å²) in [5.74, 6) is -0.642. The third-order valence-corrected chi connectivity index (χ3v) is 4.83. The van der Waals surface area contributed by atoms with E-state index in [-0.39, 0.29) is 35.0 Å². The van der Waals surface area contributed by atoms with Crippen molar-refractivity contribution in [2.75, 3.05) is 6.61 Å². The number of halogens is 1. The van der Waals surface area contributed by atoms with E-state index in [9.17, 15) is 19.8 Å². The minimum absolute atomic E-state index is 0.0505. The lowest BCUT2D eigenvalue weighted by Gasteiger charge is -2.12. The molecule has 5 nitrogen and oxygen atoms in total. The van der Waals surface area contributed by atoms with Gasteiger partial charge in [0.15, 0.2) is 5.78 Å². The molecule has 6 heteroatoms. The summed E-state index contributed by atoms with van der Waals surface area (Å²) in [4.78, 5) is 24.3. The molecular formula is C20H23ClO5. The van der Waals surface area contributed by atoms with Gasteiger partial charge in [0.05, 0.1) is 11.6 Å². The lowest BCUT2D eigenvalue weighted by molar-refractivity contribution is -0.114. The summed E-state index contributed by atoms with van der Waals surface area (Å²) in [6.45, 7) is 3.89. The van der Waals surface area contributed by atoms with Crippen LogP contribution < -0.4 is 0 Å². The van der Waals surface area contributed by atoms with Gasteiger partial charge in [-0.3, -0.25) is 4.79 Å². The number of rotatable bonds is 8. The molecule has 140 valence electrons. The predicted molar refractivity (Wildman–Crippen MR) is 99.6 cm³/mol. The molecule has 0 heterocycles. The number of phenols is 2. The van der Waals surface area contributed by atoms with Gasteiger partial charge in [0.25, 0.3) is 0 Å². The summed E-state index contributed by atoms with van der Waals surface area (Å²) in [7, 11) is 0. The maximum absolute atomic E-state index is 12.2. The molecular weight excluding hydrogens is 356 g/mol. The highest BCUT2D eigenvalue weighted by Crippen LogP contribution is 2.42. The Morgan fingerprint density at radius 2 is 2.00 bits per heavy atom. The number of benzene rings is 1. The molecule has 0 aromatic heterocycles. The SMILES string of the molecule is CCOC(=O)c1c(O)cc(O)c(Cl)c1CC(=O)/C=C/C=C\C1C[C@@H]1CC. The molecule has 2 rings (SSSR count). The molecule has 1 aliphatic rings. The molecule has 1 fully saturated rings. The first kappa shape index (κ1) is 20.0. The molecule has 0 saturated heterocycles. The van der Waals surface area contributed by atoms with E-state index in [1.54, 1.807) is 13.0 Å². The molecule has 0 amide bonds. The minimum atomic E-state index is -0.794. The van der Waals surface area contributed by atoms with Crippen molar-refractivity contribution in [3.63, 3.8) is 0 Å². The van der Waals surface area contributed by atoms with Crippen molar-refractivity contribution in [3.8, 4) is 11.5 Å². The van der Waals surface area contributed by atoms with Gasteiger partial charge in [-0.15, -0.1) is 0 Å². The van der Waals surface area contributed by atoms with Crippen LogP contribution in [0.15, 0.2) is 30.4 Å². The molecule has 0 radical (unpaired) electrons. The molecule has 1 saturated carbocycles. The molecule has 0 bridgehead atoms. The van der Waals surface area contributed by atoms with Crippen LogP contribution in [0.2, 0.25) is 5.02 Å². The zero-order chi connectivity index (χ0) is 19.3. The smallest absolute Gasteiger partial charge is 0.342 e. The Morgan fingerprint density at radius 3 is 2.62 bits per heavy atom. The van der Waals surface area contributed by atoms with E-state index in [1.165, 1.54) is 12.5 Å². The van der Waals surface area contributed by atoms with Crippen LogP contribution in [-0.4, -0.2) is 28.6 Å². The standard InChI is InChI=1S/C20H23ClO5/c1-3-12-9-13(12)7-5-6-8-14(22)10-15-18(20(25)26-4-2)16(23)11-17(24)19(15)21/h5-8,11-13,23-24H,3-4,9-10H2,1-2H3/b7-5-,8-6+/t12-,13?/m0/s1. The lowest BCUT2D eigenvalue weighted by atomic mass is 10.00. The Morgan fingerprint density at radius 1 is 1.27 bits per heavy atom. The van der Waals surface area contributed by atoms with Gasteiger partial charge in [-0.25, -0.2) is 4.79 Å². The molecule has 1 unspecified atom stereocenters. The number of allylic oxidation sites excluding steroid dienone is 4. The third-order valence-electron chi connectivity index (χ3n) is 4.40. The Balaban J connectivity index is 2.14. The Labute approximate surface area is 157 Å². The van der Waals surface area contributed by atoms with Crippen LogP contribution in [0.25, 0.3) is 0 Å². The second-order valence-electron chi connectivity index (χ2n) is 6.26. The third kappa shape index (κ3) is 4.88. The van der Waals surface area contributed by atoms with Gasteiger partial charge in [-0.05, 0) is 31.3 Å². The summed E-state index contributed by atoms with van der Waals surface area (Å²) in [6.07, 6.45) is 9.06. The van der Waals surface area contributed by atoms with Crippen LogP contribution in [0.4, 0.5) is 0 Å². The van der Waals surface area contributed by atoms with Crippen LogP contribution in [0.5, 0.6) is 11.5 Å². The Kier molecular flexibility index (Phi) is 6.86. The summed E-state index contributed by atoms with van der Waals surface area (Å²) in [6, 6.07) is 0.959. The van der Waals surface area contributed by atoms with Crippen molar-refractivity contribution in [1.82, 2.24) is 0 Å². The summed E-state index contributed by atoms with van der Waals surface area (Å²) >= 11 is 6.04. The van der Waals surface area contributed by atoms with Gasteiger partial charge in [0, 0.05) is 18.1 Å². The van der Waals surface area contributed by atoms with Crippen LogP contribution in [-0.2, 0) is 16.0 Å². The van der Waals surface area contributed by atoms with E-state index in [0.717, 1.165) is 18.4 Å². The average Bonchev–Trinajstić information content (AvgIpc) is 3.35. The highest BCUT2D eigenvalue weighted by molar-refractivity contribution is 6.33. The van der Waals surface area contributed by atoms with Gasteiger partial charge in [-0.1, -0.05) is 43.2 Å². The number of carbonyl (C=O) groups excluding carboxylic acids is 2. The van der Waals surface area contributed by atoms with Gasteiger partial charge in [-0.2, -0.15) is 0 Å². The molecule has 26 heavy (non-hydrogen) atoms. The average molecular weight is 379 g/mol. The van der Waals surface area contributed by atoms with E-state index in [4.69, 9.17) is 16.3 Å². The minimum Gasteiger partial charge on any atom is -0.507 e. The van der Waals surface area contributed by atoms with Crippen LogP contribution in [0, 0.1) is 11.8 Å². The number of phenolic OH excluding ortho intramolecular Hbond substituents is 2. The van der Waals surface area contributed by atoms with Crippen molar-refractivity contribution in [2.45, 2.75) is 33.1 Å². The Hall–Kier alpha value is -2.27. The number of esters is 1. The number of ketones is 1. The first-order valence-corrected chi connectivity index (χ1v) is 9.04. The van der Waals surface area contributed by atoms with Crippen molar-refractivity contribution in [3.05, 3.63) is 46.5 Å².